The highest BCUT2D eigenvalue weighted by Crippen LogP contribution is 2.22. The number of anilines is 1. The molecule has 0 atom stereocenters. The van der Waals surface area contributed by atoms with Crippen molar-refractivity contribution < 1.29 is 22.7 Å². The molecular formula is C18H15ClN2O5S. The number of esters is 1. The highest BCUT2D eigenvalue weighted by atomic mass is 35.5. The number of ether oxygens (including phenoxy) is 1. The Bertz CT molecular complexity index is 1030. The minimum atomic E-state index is -3.83. The van der Waals surface area contributed by atoms with Crippen molar-refractivity contribution in [3.05, 3.63) is 58.6 Å². The van der Waals surface area contributed by atoms with Crippen molar-refractivity contribution in [1.82, 2.24) is 4.72 Å². The third-order valence-electron chi connectivity index (χ3n) is 3.40. The summed E-state index contributed by atoms with van der Waals surface area (Å²) in [7, 11) is -2.62. The van der Waals surface area contributed by atoms with Gasteiger partial charge in [-0.15, -0.1) is 6.42 Å². The Kier molecular flexibility index (Phi) is 6.58. The van der Waals surface area contributed by atoms with Gasteiger partial charge in [-0.3, -0.25) is 4.79 Å². The van der Waals surface area contributed by atoms with E-state index in [4.69, 9.17) is 18.0 Å². The number of nitrogens with one attached hydrogen (secondary N) is 2. The van der Waals surface area contributed by atoms with Crippen LogP contribution in [-0.4, -0.2) is 33.9 Å². The summed E-state index contributed by atoms with van der Waals surface area (Å²) in [6, 6.07) is 9.74. The summed E-state index contributed by atoms with van der Waals surface area (Å²) in [5.74, 6) is 0.952. The molecule has 2 aromatic rings. The molecule has 0 fully saturated rings. The molecule has 140 valence electrons. The first-order valence-electron chi connectivity index (χ1n) is 7.51. The summed E-state index contributed by atoms with van der Waals surface area (Å²) in [6.07, 6.45) is 5.05. The molecule has 9 heteroatoms. The van der Waals surface area contributed by atoms with Gasteiger partial charge in [-0.05, 0) is 36.4 Å². The molecule has 0 aliphatic rings. The number of sulfonamides is 1. The summed E-state index contributed by atoms with van der Waals surface area (Å²) < 4.78 is 31.1. The second kappa shape index (κ2) is 8.68. The van der Waals surface area contributed by atoms with Gasteiger partial charge in [0.05, 0.1) is 29.1 Å². The molecule has 7 nitrogen and oxygen atoms in total. The summed E-state index contributed by atoms with van der Waals surface area (Å²) in [5, 5.41) is 2.75. The fourth-order valence-electron chi connectivity index (χ4n) is 2.10. The van der Waals surface area contributed by atoms with Crippen LogP contribution in [0.1, 0.15) is 20.7 Å². The normalized spacial score (nSPS) is 10.7. The Labute approximate surface area is 161 Å². The zero-order valence-electron chi connectivity index (χ0n) is 14.2. The second-order valence-corrected chi connectivity index (χ2v) is 7.37. The third-order valence-corrected chi connectivity index (χ3v) is 5.13. The molecule has 2 N–H and O–H groups in total. The van der Waals surface area contributed by atoms with Crippen LogP contribution in [0.5, 0.6) is 0 Å². The van der Waals surface area contributed by atoms with Crippen molar-refractivity contribution in [3.63, 3.8) is 0 Å². The average Bonchev–Trinajstić information content (AvgIpc) is 2.67. The monoisotopic (exact) mass is 406 g/mol. The largest absolute Gasteiger partial charge is 0.465 e. The van der Waals surface area contributed by atoms with Crippen molar-refractivity contribution in [2.45, 2.75) is 4.90 Å². The van der Waals surface area contributed by atoms with E-state index in [0.717, 1.165) is 0 Å². The van der Waals surface area contributed by atoms with E-state index in [1.807, 2.05) is 0 Å². The third kappa shape index (κ3) is 5.08. The van der Waals surface area contributed by atoms with Crippen LogP contribution in [0, 0.1) is 12.3 Å². The van der Waals surface area contributed by atoms with Crippen molar-refractivity contribution in [2.75, 3.05) is 19.0 Å². The number of hydrogen-bond donors (Lipinski definition) is 2. The van der Waals surface area contributed by atoms with E-state index in [9.17, 15) is 18.0 Å². The molecule has 2 aromatic carbocycles. The van der Waals surface area contributed by atoms with Crippen LogP contribution >= 0.6 is 11.6 Å². The molecule has 2 rings (SSSR count). The van der Waals surface area contributed by atoms with Gasteiger partial charge in [-0.25, -0.2) is 13.2 Å². The van der Waals surface area contributed by atoms with E-state index in [1.54, 1.807) is 0 Å². The van der Waals surface area contributed by atoms with Gasteiger partial charge >= 0.3 is 5.97 Å². The quantitative estimate of drug-likeness (QED) is 0.566. The summed E-state index contributed by atoms with van der Waals surface area (Å²) in [4.78, 5) is 24.0. The zero-order valence-corrected chi connectivity index (χ0v) is 15.7. The van der Waals surface area contributed by atoms with Crippen LogP contribution in [0.2, 0.25) is 5.02 Å². The van der Waals surface area contributed by atoms with Gasteiger partial charge in [0.15, 0.2) is 0 Å². The molecular weight excluding hydrogens is 392 g/mol. The van der Waals surface area contributed by atoms with Gasteiger partial charge in [0.1, 0.15) is 0 Å². The standard InChI is InChI=1S/C18H15ClN2O5S/c1-3-9-20-27(24,25)14-6-4-5-12(10-14)17(22)21-13-7-8-16(19)15(11-13)18(23)26-2/h1,4-8,10-11,20H,9H2,2H3,(H,21,22). The molecule has 0 aliphatic heterocycles. The van der Waals surface area contributed by atoms with E-state index in [2.05, 4.69) is 20.7 Å². The number of halogens is 1. The van der Waals surface area contributed by atoms with Crippen molar-refractivity contribution in [2.24, 2.45) is 0 Å². The molecule has 1 amide bonds. The number of benzene rings is 2. The van der Waals surface area contributed by atoms with Gasteiger partial charge in [-0.2, -0.15) is 4.72 Å². The molecule has 0 aliphatic carbocycles. The fraction of sp³-hybridized carbons (Fsp3) is 0.111. The lowest BCUT2D eigenvalue weighted by atomic mass is 10.1. The molecule has 0 bridgehead atoms. The number of amides is 1. The molecule has 0 heterocycles. The average molecular weight is 407 g/mol. The number of hydrogen-bond acceptors (Lipinski definition) is 5. The first-order chi connectivity index (χ1) is 12.8. The Hall–Kier alpha value is -2.86. The SMILES string of the molecule is C#CCNS(=O)(=O)c1cccc(C(=O)Nc2ccc(Cl)c(C(=O)OC)c2)c1. The minimum absolute atomic E-state index is 0.0896. The number of carbonyl (C=O) groups is 2. The number of rotatable bonds is 6. The van der Waals surface area contributed by atoms with Gasteiger partial charge < -0.3 is 10.1 Å². The van der Waals surface area contributed by atoms with Gasteiger partial charge in [0.25, 0.3) is 5.91 Å². The van der Waals surface area contributed by atoms with Crippen molar-refractivity contribution in [3.8, 4) is 12.3 Å². The lowest BCUT2D eigenvalue weighted by Gasteiger charge is -2.09. The molecule has 27 heavy (non-hydrogen) atoms. The zero-order chi connectivity index (χ0) is 20.0. The maximum Gasteiger partial charge on any atom is 0.339 e. The van der Waals surface area contributed by atoms with Crippen molar-refractivity contribution >= 4 is 39.2 Å². The summed E-state index contributed by atoms with van der Waals surface area (Å²) in [5.41, 5.74) is 0.489. The highest BCUT2D eigenvalue weighted by Gasteiger charge is 2.17. The molecule has 0 spiro atoms. The van der Waals surface area contributed by atoms with Gasteiger partial charge in [0.2, 0.25) is 10.0 Å². The predicted octanol–water partition coefficient (Wildman–Crippen LogP) is 2.29. The maximum atomic E-state index is 12.4. The van der Waals surface area contributed by atoms with E-state index in [0.29, 0.717) is 5.69 Å². The Balaban J connectivity index is 2.26. The van der Waals surface area contributed by atoms with Crippen LogP contribution in [0.15, 0.2) is 47.4 Å². The minimum Gasteiger partial charge on any atom is -0.465 e. The Morgan fingerprint density at radius 2 is 1.96 bits per heavy atom. The summed E-state index contributed by atoms with van der Waals surface area (Å²) >= 11 is 5.93. The van der Waals surface area contributed by atoms with Crippen LogP contribution < -0.4 is 10.0 Å². The smallest absolute Gasteiger partial charge is 0.339 e. The Morgan fingerprint density at radius 3 is 2.63 bits per heavy atom. The van der Waals surface area contributed by atoms with E-state index < -0.39 is 21.9 Å². The topological polar surface area (TPSA) is 102 Å². The maximum absolute atomic E-state index is 12.4. The van der Waals surface area contributed by atoms with E-state index in [-0.39, 0.29) is 27.6 Å². The lowest BCUT2D eigenvalue weighted by molar-refractivity contribution is 0.0600. The van der Waals surface area contributed by atoms with E-state index >= 15 is 0 Å². The van der Waals surface area contributed by atoms with Crippen LogP contribution in [0.4, 0.5) is 5.69 Å². The molecule has 0 radical (unpaired) electrons. The first kappa shape index (κ1) is 20.5. The molecule has 0 aromatic heterocycles. The second-order valence-electron chi connectivity index (χ2n) is 5.20. The van der Waals surface area contributed by atoms with E-state index in [1.165, 1.54) is 49.6 Å². The van der Waals surface area contributed by atoms with Crippen molar-refractivity contribution in [1.29, 1.82) is 0 Å². The van der Waals surface area contributed by atoms with Crippen LogP contribution in [0.3, 0.4) is 0 Å². The molecule has 0 saturated heterocycles. The summed E-state index contributed by atoms with van der Waals surface area (Å²) in [6.45, 7) is -0.167. The number of carbonyl (C=O) groups excluding carboxylic acids is 2. The van der Waals surface area contributed by atoms with Gasteiger partial charge in [0, 0.05) is 11.3 Å². The van der Waals surface area contributed by atoms with Gasteiger partial charge in [-0.1, -0.05) is 23.6 Å². The van der Waals surface area contributed by atoms with Crippen LogP contribution in [0.25, 0.3) is 0 Å². The van der Waals surface area contributed by atoms with Crippen LogP contribution in [-0.2, 0) is 14.8 Å². The molecule has 0 saturated carbocycles. The predicted molar refractivity (Wildman–Crippen MR) is 101 cm³/mol. The first-order valence-corrected chi connectivity index (χ1v) is 9.37. The fourth-order valence-corrected chi connectivity index (χ4v) is 3.27. The molecule has 0 unspecified atom stereocenters. The number of terminal acetylenes is 1. The lowest BCUT2D eigenvalue weighted by Crippen LogP contribution is -2.24. The number of methoxy groups -OCH3 is 1. The highest BCUT2D eigenvalue weighted by molar-refractivity contribution is 7.89. The Morgan fingerprint density at radius 1 is 1.22 bits per heavy atom.